The lowest BCUT2D eigenvalue weighted by Crippen LogP contribution is -2.63. The first-order valence-electron chi connectivity index (χ1n) is 12.3. The van der Waals surface area contributed by atoms with E-state index in [1.807, 2.05) is 0 Å². The highest BCUT2D eigenvalue weighted by atomic mass is 28.4. The van der Waals surface area contributed by atoms with Crippen molar-refractivity contribution in [2.75, 3.05) is 0 Å². The minimum Gasteiger partial charge on any atom is -0.412 e. The highest BCUT2D eigenvalue weighted by Crippen LogP contribution is 2.52. The van der Waals surface area contributed by atoms with Gasteiger partial charge in [0, 0.05) is 11.8 Å². The maximum Gasteiger partial charge on any atom is 0.200 e. The van der Waals surface area contributed by atoms with Gasteiger partial charge in [0.1, 0.15) is 5.60 Å². The number of fused-ring (bicyclic) bond motifs is 2. The number of aliphatic hydroxyl groups is 1. The molecule has 2 bridgehead atoms. The minimum atomic E-state index is -2.00. The summed E-state index contributed by atoms with van der Waals surface area (Å²) in [7, 11) is -2.00. The van der Waals surface area contributed by atoms with E-state index in [4.69, 9.17) is 9.16 Å². The molecule has 0 amide bonds. The third kappa shape index (κ3) is 3.81. The summed E-state index contributed by atoms with van der Waals surface area (Å²) in [6.45, 7) is 18.7. The summed E-state index contributed by atoms with van der Waals surface area (Å²) in [5, 5.41) is 11.6. The molecule has 0 spiro atoms. The molecule has 2 fully saturated rings. The first-order valence-corrected chi connectivity index (χ1v) is 14.4. The molecule has 3 aliphatic rings. The lowest BCUT2D eigenvalue weighted by Gasteiger charge is -2.54. The predicted molar refractivity (Wildman–Crippen MR) is 124 cm³/mol. The van der Waals surface area contributed by atoms with E-state index >= 15 is 0 Å². The van der Waals surface area contributed by atoms with Crippen LogP contribution in [-0.2, 0) is 9.16 Å². The van der Waals surface area contributed by atoms with Gasteiger partial charge in [-0.15, -0.1) is 0 Å². The summed E-state index contributed by atoms with van der Waals surface area (Å²) in [6.07, 6.45) is 10.2. The van der Waals surface area contributed by atoms with Crippen LogP contribution in [-0.4, -0.2) is 37.3 Å². The van der Waals surface area contributed by atoms with Crippen LogP contribution in [0.5, 0.6) is 0 Å². The highest BCUT2D eigenvalue weighted by Gasteiger charge is 2.60. The lowest BCUT2D eigenvalue weighted by molar-refractivity contribution is -0.217. The molecule has 1 saturated heterocycles. The summed E-state index contributed by atoms with van der Waals surface area (Å²) in [4.78, 5) is 0. The second-order valence-corrected chi connectivity index (χ2v) is 16.6. The SMILES string of the molecule is CC(C)[Si](O[C@H]1[C@H](C)[C@H]2C=C[C@]([C@@H](O)C3CCCCC3)(O2)[C@@H]1C)(C(C)C)C(C)C. The predicted octanol–water partition coefficient (Wildman–Crippen LogP) is 6.47. The standard InChI is InChI=1S/C25H46O3Si/c1-16(2)29(17(3)4,18(5)6)28-23-19(7)22-14-15-25(27-22,20(23)8)24(26)21-12-10-9-11-13-21/h14-24,26H,9-13H2,1-8H3/t19-,20-,22-,23+,24+,25+/m1/s1. The van der Waals surface area contributed by atoms with Gasteiger partial charge >= 0.3 is 0 Å². The smallest absolute Gasteiger partial charge is 0.200 e. The molecule has 4 heteroatoms. The average molecular weight is 423 g/mol. The number of hydrogen-bond donors (Lipinski definition) is 1. The van der Waals surface area contributed by atoms with Crippen molar-refractivity contribution < 1.29 is 14.3 Å². The van der Waals surface area contributed by atoms with Gasteiger partial charge in [0.2, 0.25) is 8.32 Å². The van der Waals surface area contributed by atoms with Crippen LogP contribution in [0.25, 0.3) is 0 Å². The normalized spacial score (nSPS) is 37.1. The molecule has 0 aromatic heterocycles. The third-order valence-electron chi connectivity index (χ3n) is 8.73. The van der Waals surface area contributed by atoms with Crippen LogP contribution in [0.2, 0.25) is 16.6 Å². The number of aliphatic hydroxyl groups excluding tert-OH is 1. The Labute approximate surface area is 180 Å². The van der Waals surface area contributed by atoms with Crippen molar-refractivity contribution in [3.8, 4) is 0 Å². The van der Waals surface area contributed by atoms with Gasteiger partial charge in [-0.1, -0.05) is 86.8 Å². The number of ether oxygens (including phenoxy) is 1. The molecule has 1 N–H and O–H groups in total. The van der Waals surface area contributed by atoms with E-state index in [0.29, 0.717) is 28.5 Å². The van der Waals surface area contributed by atoms with Crippen molar-refractivity contribution >= 4 is 8.32 Å². The third-order valence-corrected chi connectivity index (χ3v) is 14.8. The largest absolute Gasteiger partial charge is 0.412 e. The molecule has 0 aromatic rings. The Morgan fingerprint density at radius 1 is 0.966 bits per heavy atom. The van der Waals surface area contributed by atoms with Gasteiger partial charge in [-0.05, 0) is 35.4 Å². The molecule has 2 aliphatic heterocycles. The van der Waals surface area contributed by atoms with E-state index < -0.39 is 20.0 Å². The van der Waals surface area contributed by atoms with Crippen LogP contribution >= 0.6 is 0 Å². The van der Waals surface area contributed by atoms with Crippen LogP contribution in [0, 0.1) is 17.8 Å². The number of rotatable bonds is 7. The zero-order valence-corrected chi connectivity index (χ0v) is 21.2. The molecule has 6 atom stereocenters. The summed E-state index contributed by atoms with van der Waals surface area (Å²) in [5.41, 5.74) is 1.12. The fourth-order valence-electron chi connectivity index (χ4n) is 7.11. The lowest BCUT2D eigenvalue weighted by atomic mass is 9.70. The molecule has 3 nitrogen and oxygen atoms in total. The molecule has 3 rings (SSSR count). The van der Waals surface area contributed by atoms with E-state index in [1.165, 1.54) is 19.3 Å². The van der Waals surface area contributed by atoms with Crippen LogP contribution in [0.1, 0.15) is 87.5 Å². The van der Waals surface area contributed by atoms with Gasteiger partial charge in [-0.3, -0.25) is 0 Å². The van der Waals surface area contributed by atoms with Gasteiger partial charge in [-0.2, -0.15) is 0 Å². The Kier molecular flexibility index (Phi) is 7.10. The summed E-state index contributed by atoms with van der Waals surface area (Å²) in [6, 6.07) is 0. The van der Waals surface area contributed by atoms with Crippen molar-refractivity contribution in [3.63, 3.8) is 0 Å². The number of hydrogen-bond acceptors (Lipinski definition) is 3. The second-order valence-electron chi connectivity index (χ2n) is 11.2. The second kappa shape index (κ2) is 8.76. The van der Waals surface area contributed by atoms with Gasteiger partial charge in [0.15, 0.2) is 0 Å². The zero-order valence-electron chi connectivity index (χ0n) is 20.2. The minimum absolute atomic E-state index is 0.0626. The van der Waals surface area contributed by atoms with Gasteiger partial charge in [0.05, 0.1) is 18.3 Å². The van der Waals surface area contributed by atoms with Gasteiger partial charge in [-0.25, -0.2) is 0 Å². The molecule has 2 heterocycles. The first kappa shape index (κ1) is 23.5. The van der Waals surface area contributed by atoms with E-state index in [2.05, 4.69) is 67.5 Å². The topological polar surface area (TPSA) is 38.7 Å². The Hall–Kier alpha value is -0.163. The van der Waals surface area contributed by atoms with E-state index in [9.17, 15) is 5.11 Å². The molecule has 1 aliphatic carbocycles. The monoisotopic (exact) mass is 422 g/mol. The van der Waals surface area contributed by atoms with Crippen molar-refractivity contribution in [1.82, 2.24) is 0 Å². The molecular formula is C25H46O3Si. The molecule has 29 heavy (non-hydrogen) atoms. The van der Waals surface area contributed by atoms with E-state index in [1.54, 1.807) is 0 Å². The Balaban J connectivity index is 1.92. The summed E-state index contributed by atoms with van der Waals surface area (Å²) in [5.74, 6) is 0.831. The van der Waals surface area contributed by atoms with Crippen LogP contribution < -0.4 is 0 Å². The van der Waals surface area contributed by atoms with Crippen molar-refractivity contribution in [1.29, 1.82) is 0 Å². The molecule has 0 unspecified atom stereocenters. The van der Waals surface area contributed by atoms with Crippen LogP contribution in [0.3, 0.4) is 0 Å². The zero-order chi connectivity index (χ0) is 21.6. The highest BCUT2D eigenvalue weighted by molar-refractivity contribution is 6.77. The van der Waals surface area contributed by atoms with E-state index in [-0.39, 0.29) is 18.1 Å². The molecule has 0 radical (unpaired) electrons. The van der Waals surface area contributed by atoms with Crippen molar-refractivity contribution in [3.05, 3.63) is 12.2 Å². The average Bonchev–Trinajstić information content (AvgIpc) is 3.10. The summed E-state index contributed by atoms with van der Waals surface area (Å²) < 4.78 is 14.0. The maximum atomic E-state index is 11.6. The van der Waals surface area contributed by atoms with Crippen LogP contribution in [0.15, 0.2) is 12.2 Å². The Bertz CT molecular complexity index is 559. The quantitative estimate of drug-likeness (QED) is 0.377. The van der Waals surface area contributed by atoms with E-state index in [0.717, 1.165) is 12.8 Å². The van der Waals surface area contributed by atoms with Crippen molar-refractivity contribution in [2.24, 2.45) is 17.8 Å². The molecule has 1 saturated carbocycles. The van der Waals surface area contributed by atoms with Gasteiger partial charge < -0.3 is 14.3 Å². The fraction of sp³-hybridized carbons (Fsp3) is 0.920. The van der Waals surface area contributed by atoms with Gasteiger partial charge in [0.25, 0.3) is 0 Å². The fourth-order valence-corrected chi connectivity index (χ4v) is 12.8. The molecular weight excluding hydrogens is 376 g/mol. The maximum absolute atomic E-state index is 11.6. The first-order chi connectivity index (χ1) is 13.6. The molecule has 0 aromatic carbocycles. The summed E-state index contributed by atoms with van der Waals surface area (Å²) >= 11 is 0. The van der Waals surface area contributed by atoms with Crippen molar-refractivity contribution in [2.45, 2.75) is 128 Å². The molecule has 168 valence electrons. The Morgan fingerprint density at radius 2 is 1.52 bits per heavy atom. The van der Waals surface area contributed by atoms with Crippen LogP contribution in [0.4, 0.5) is 0 Å². The Morgan fingerprint density at radius 3 is 2.03 bits per heavy atom.